The van der Waals surface area contributed by atoms with Crippen molar-refractivity contribution in [3.05, 3.63) is 36.0 Å². The number of hydrogen-bond donors (Lipinski definition) is 9. The number of nitrogens with one attached hydrogen (secondary N) is 4. The van der Waals surface area contributed by atoms with Gasteiger partial charge in [-0.1, -0.05) is 18.2 Å². The number of fused-ring (bicyclic) bond motifs is 1. The first kappa shape index (κ1) is 30.2. The second-order valence-electron chi connectivity index (χ2n) is 8.76. The number of carbonyl (C=O) groups is 5. The van der Waals surface area contributed by atoms with Crippen LogP contribution in [0.3, 0.4) is 0 Å². The summed E-state index contributed by atoms with van der Waals surface area (Å²) in [6.45, 7) is -0.525. The molecule has 0 radical (unpaired) electrons. The molecule has 0 aliphatic rings. The van der Waals surface area contributed by atoms with Crippen molar-refractivity contribution < 1.29 is 39.3 Å². The third-order valence-electron chi connectivity index (χ3n) is 5.84. The Morgan fingerprint density at radius 2 is 1.53 bits per heavy atom. The second-order valence-corrected chi connectivity index (χ2v) is 8.76. The summed E-state index contributed by atoms with van der Waals surface area (Å²) in [6, 6.07) is 1.82. The predicted molar refractivity (Wildman–Crippen MR) is 136 cm³/mol. The highest BCUT2D eigenvalue weighted by Gasteiger charge is 2.31. The Morgan fingerprint density at radius 1 is 0.895 bits per heavy atom. The van der Waals surface area contributed by atoms with Gasteiger partial charge in [0, 0.05) is 23.5 Å². The summed E-state index contributed by atoms with van der Waals surface area (Å²) in [4.78, 5) is 64.1. The van der Waals surface area contributed by atoms with Crippen molar-refractivity contribution in [3.8, 4) is 0 Å². The van der Waals surface area contributed by atoms with Crippen LogP contribution in [0.5, 0.6) is 0 Å². The van der Waals surface area contributed by atoms with Crippen LogP contribution in [0, 0.1) is 0 Å². The number of aliphatic hydroxyl groups is 1. The van der Waals surface area contributed by atoms with E-state index in [4.69, 9.17) is 21.7 Å². The van der Waals surface area contributed by atoms with Crippen LogP contribution in [0.1, 0.15) is 31.2 Å². The fraction of sp³-hybridized carbons (Fsp3) is 0.458. The number of para-hydroxylation sites is 1. The summed E-state index contributed by atoms with van der Waals surface area (Å²) >= 11 is 0. The molecule has 4 unspecified atom stereocenters. The number of H-pyrrole nitrogens is 1. The lowest BCUT2D eigenvalue weighted by molar-refractivity contribution is -0.143. The maximum atomic E-state index is 13.4. The largest absolute Gasteiger partial charge is 0.481 e. The van der Waals surface area contributed by atoms with Gasteiger partial charge < -0.3 is 47.7 Å². The molecular weight excluding hydrogens is 500 g/mol. The highest BCUT2D eigenvalue weighted by atomic mass is 16.4. The standard InChI is InChI=1S/C24H34N6O8/c25-8-4-3-7-17(22(35)30-19(12-31)24(37)38)28-23(36)18(29-21(34)15(26)10-20(32)33)9-13-11-27-16-6-2-1-5-14(13)16/h1-2,5-6,11,15,17-19,27,31H,3-4,7-10,12,25-26H2,(H,28,36)(H,29,34)(H,30,35)(H,32,33)(H,37,38). The molecular formula is C24H34N6O8. The van der Waals surface area contributed by atoms with Crippen LogP contribution >= 0.6 is 0 Å². The Balaban J connectivity index is 2.29. The van der Waals surface area contributed by atoms with E-state index in [2.05, 4.69) is 20.9 Å². The molecule has 3 amide bonds. The minimum Gasteiger partial charge on any atom is -0.481 e. The second kappa shape index (κ2) is 14.7. The first-order chi connectivity index (χ1) is 18.1. The van der Waals surface area contributed by atoms with Gasteiger partial charge in [0.05, 0.1) is 19.1 Å². The van der Waals surface area contributed by atoms with E-state index in [9.17, 15) is 29.1 Å². The van der Waals surface area contributed by atoms with Crippen LogP contribution in [0.25, 0.3) is 10.9 Å². The van der Waals surface area contributed by atoms with Gasteiger partial charge in [0.25, 0.3) is 0 Å². The molecule has 0 saturated heterocycles. The number of unbranched alkanes of at least 4 members (excludes halogenated alkanes) is 1. The van der Waals surface area contributed by atoms with Crippen LogP contribution < -0.4 is 27.4 Å². The number of hydrogen-bond acceptors (Lipinski definition) is 8. The average Bonchev–Trinajstić information content (AvgIpc) is 3.28. The molecule has 38 heavy (non-hydrogen) atoms. The summed E-state index contributed by atoms with van der Waals surface area (Å²) in [7, 11) is 0. The first-order valence-electron chi connectivity index (χ1n) is 12.0. The average molecular weight is 535 g/mol. The molecule has 2 aromatic rings. The normalized spacial score (nSPS) is 14.2. The molecule has 2 rings (SSSR count). The molecule has 1 heterocycles. The third kappa shape index (κ3) is 8.83. The van der Waals surface area contributed by atoms with Crippen LogP contribution in [0.4, 0.5) is 0 Å². The molecule has 0 fully saturated rings. The van der Waals surface area contributed by atoms with E-state index in [0.29, 0.717) is 24.9 Å². The Hall–Kier alpha value is -4.01. The molecule has 0 aliphatic heterocycles. The van der Waals surface area contributed by atoms with Crippen molar-refractivity contribution in [2.45, 2.75) is 56.3 Å². The van der Waals surface area contributed by atoms with Crippen molar-refractivity contribution in [2.75, 3.05) is 13.2 Å². The van der Waals surface area contributed by atoms with E-state index in [-0.39, 0.29) is 12.8 Å². The number of rotatable bonds is 16. The van der Waals surface area contributed by atoms with E-state index in [1.54, 1.807) is 12.3 Å². The molecule has 14 nitrogen and oxygen atoms in total. The topological polar surface area (TPSA) is 250 Å². The lowest BCUT2D eigenvalue weighted by Crippen LogP contribution is -2.58. The predicted octanol–water partition coefficient (Wildman–Crippen LogP) is -1.83. The lowest BCUT2D eigenvalue weighted by Gasteiger charge is -2.25. The zero-order valence-corrected chi connectivity index (χ0v) is 20.7. The van der Waals surface area contributed by atoms with Crippen molar-refractivity contribution in [1.29, 1.82) is 0 Å². The minimum absolute atomic E-state index is 0.0209. The smallest absolute Gasteiger partial charge is 0.328 e. The van der Waals surface area contributed by atoms with Gasteiger partial charge in [-0.3, -0.25) is 19.2 Å². The molecule has 0 saturated carbocycles. The molecule has 1 aromatic carbocycles. The van der Waals surface area contributed by atoms with E-state index < -0.39 is 66.9 Å². The minimum atomic E-state index is -1.58. The van der Waals surface area contributed by atoms with Crippen molar-refractivity contribution >= 4 is 40.6 Å². The number of aliphatic carboxylic acids is 2. The van der Waals surface area contributed by atoms with Crippen LogP contribution in [-0.4, -0.2) is 87.3 Å². The highest BCUT2D eigenvalue weighted by molar-refractivity contribution is 5.95. The maximum Gasteiger partial charge on any atom is 0.328 e. The summed E-state index contributed by atoms with van der Waals surface area (Å²) in [6.07, 6.45) is 2.05. The molecule has 14 heteroatoms. The number of carboxylic acids is 2. The van der Waals surface area contributed by atoms with Gasteiger partial charge in [-0.2, -0.15) is 0 Å². The Morgan fingerprint density at radius 3 is 2.16 bits per heavy atom. The van der Waals surface area contributed by atoms with Crippen molar-refractivity contribution in [3.63, 3.8) is 0 Å². The number of benzene rings is 1. The SMILES string of the molecule is NCCCCC(NC(=O)C(Cc1c[nH]c2ccccc12)NC(=O)C(N)CC(=O)O)C(=O)NC(CO)C(=O)O. The molecule has 4 atom stereocenters. The molecule has 0 bridgehead atoms. The van der Waals surface area contributed by atoms with Gasteiger partial charge in [-0.25, -0.2) is 4.79 Å². The van der Waals surface area contributed by atoms with E-state index in [1.807, 2.05) is 18.2 Å². The van der Waals surface area contributed by atoms with Crippen molar-refractivity contribution in [2.24, 2.45) is 11.5 Å². The van der Waals surface area contributed by atoms with Gasteiger partial charge in [0.2, 0.25) is 17.7 Å². The number of aliphatic hydroxyl groups excluding tert-OH is 1. The lowest BCUT2D eigenvalue weighted by atomic mass is 10.0. The Labute approximate surface area is 218 Å². The summed E-state index contributed by atoms with van der Waals surface area (Å²) in [5.74, 6) is -5.22. The van der Waals surface area contributed by atoms with E-state index >= 15 is 0 Å². The first-order valence-corrected chi connectivity index (χ1v) is 12.0. The van der Waals surface area contributed by atoms with Gasteiger partial charge in [0.1, 0.15) is 18.1 Å². The van der Waals surface area contributed by atoms with Crippen LogP contribution in [-0.2, 0) is 30.4 Å². The quantitative estimate of drug-likeness (QED) is 0.109. The van der Waals surface area contributed by atoms with Gasteiger partial charge in [-0.15, -0.1) is 0 Å². The maximum absolute atomic E-state index is 13.4. The van der Waals surface area contributed by atoms with Crippen molar-refractivity contribution in [1.82, 2.24) is 20.9 Å². The van der Waals surface area contributed by atoms with Gasteiger partial charge in [-0.05, 0) is 37.4 Å². The number of amides is 3. The summed E-state index contributed by atoms with van der Waals surface area (Å²) < 4.78 is 0. The molecule has 11 N–H and O–H groups in total. The Kier molecular flexibility index (Phi) is 11.7. The van der Waals surface area contributed by atoms with Gasteiger partial charge >= 0.3 is 11.9 Å². The molecule has 208 valence electrons. The zero-order valence-electron chi connectivity index (χ0n) is 20.7. The fourth-order valence-corrected chi connectivity index (χ4v) is 3.78. The fourth-order valence-electron chi connectivity index (χ4n) is 3.78. The number of aromatic nitrogens is 1. The summed E-state index contributed by atoms with van der Waals surface area (Å²) in [5.41, 5.74) is 12.7. The van der Waals surface area contributed by atoms with E-state index in [0.717, 1.165) is 10.9 Å². The molecule has 1 aromatic heterocycles. The van der Waals surface area contributed by atoms with Crippen LogP contribution in [0.2, 0.25) is 0 Å². The molecule has 0 spiro atoms. The number of nitrogens with two attached hydrogens (primary N) is 2. The monoisotopic (exact) mass is 534 g/mol. The van der Waals surface area contributed by atoms with Gasteiger partial charge in [0.15, 0.2) is 0 Å². The molecule has 0 aliphatic carbocycles. The van der Waals surface area contributed by atoms with E-state index in [1.165, 1.54) is 0 Å². The Bertz CT molecular complexity index is 1140. The zero-order chi connectivity index (χ0) is 28.2. The third-order valence-corrected chi connectivity index (χ3v) is 5.84. The summed E-state index contributed by atoms with van der Waals surface area (Å²) in [5, 5.41) is 35.3. The number of aromatic amines is 1. The van der Waals surface area contributed by atoms with Crippen LogP contribution in [0.15, 0.2) is 30.5 Å². The number of carbonyl (C=O) groups excluding carboxylic acids is 3. The number of carboxylic acid groups (broad SMARTS) is 2. The highest BCUT2D eigenvalue weighted by Crippen LogP contribution is 2.19.